The first kappa shape index (κ1) is 23.8. The standard InChI is InChI=1S/C27H29N5O3/c1-3-4-16-31-24(28)23(25(33)29-27(31)35)32(18-20-10-6-5-7-11-20)26(34)21-13-12-19(2)22(17-21)30-14-8-9-15-30/h5-15,17H,3-4,16,18,28H2,1-2H3,(H,29,33,35). The van der Waals surface area contributed by atoms with Gasteiger partial charge >= 0.3 is 5.69 Å². The van der Waals surface area contributed by atoms with Crippen LogP contribution in [-0.4, -0.2) is 20.0 Å². The molecule has 180 valence electrons. The summed E-state index contributed by atoms with van der Waals surface area (Å²) in [5, 5.41) is 0. The lowest BCUT2D eigenvalue weighted by molar-refractivity contribution is 0.0984. The van der Waals surface area contributed by atoms with E-state index in [4.69, 9.17) is 5.73 Å². The minimum Gasteiger partial charge on any atom is -0.383 e. The monoisotopic (exact) mass is 471 g/mol. The fourth-order valence-electron chi connectivity index (χ4n) is 4.07. The number of aryl methyl sites for hydroxylation is 1. The Labute approximate surface area is 203 Å². The molecule has 2 heterocycles. The van der Waals surface area contributed by atoms with Crippen LogP contribution in [0.15, 0.2) is 82.6 Å². The number of aromatic amines is 1. The van der Waals surface area contributed by atoms with Crippen molar-refractivity contribution in [1.82, 2.24) is 14.1 Å². The van der Waals surface area contributed by atoms with Gasteiger partial charge in [0.05, 0.1) is 6.54 Å². The predicted molar refractivity (Wildman–Crippen MR) is 138 cm³/mol. The summed E-state index contributed by atoms with van der Waals surface area (Å²) >= 11 is 0. The number of hydrogen-bond acceptors (Lipinski definition) is 4. The Morgan fingerprint density at radius 2 is 1.74 bits per heavy atom. The summed E-state index contributed by atoms with van der Waals surface area (Å²) in [5.74, 6) is -0.408. The number of carbonyl (C=O) groups is 1. The Hall–Kier alpha value is -4.33. The molecular formula is C27H29N5O3. The zero-order valence-electron chi connectivity index (χ0n) is 19.9. The molecule has 0 atom stereocenters. The summed E-state index contributed by atoms with van der Waals surface area (Å²) < 4.78 is 3.26. The van der Waals surface area contributed by atoms with E-state index in [0.29, 0.717) is 18.5 Å². The van der Waals surface area contributed by atoms with Gasteiger partial charge in [0.15, 0.2) is 5.69 Å². The maximum absolute atomic E-state index is 13.9. The molecule has 8 heteroatoms. The minimum absolute atomic E-state index is 0.0192. The second kappa shape index (κ2) is 10.3. The third-order valence-electron chi connectivity index (χ3n) is 5.99. The first-order valence-electron chi connectivity index (χ1n) is 11.6. The zero-order chi connectivity index (χ0) is 24.9. The largest absolute Gasteiger partial charge is 0.383 e. The van der Waals surface area contributed by atoms with Crippen LogP contribution < -0.4 is 21.9 Å². The van der Waals surface area contributed by atoms with Gasteiger partial charge in [0.1, 0.15) is 5.82 Å². The summed E-state index contributed by atoms with van der Waals surface area (Å²) in [6.07, 6.45) is 5.37. The normalized spacial score (nSPS) is 10.9. The highest BCUT2D eigenvalue weighted by molar-refractivity contribution is 6.07. The maximum atomic E-state index is 13.9. The van der Waals surface area contributed by atoms with Gasteiger partial charge < -0.3 is 10.3 Å². The number of nitrogens with zero attached hydrogens (tertiary/aromatic N) is 3. The van der Waals surface area contributed by atoms with Crippen molar-refractivity contribution >= 4 is 17.4 Å². The van der Waals surface area contributed by atoms with Crippen molar-refractivity contribution in [1.29, 1.82) is 0 Å². The molecular weight excluding hydrogens is 442 g/mol. The Balaban J connectivity index is 1.85. The number of amides is 1. The molecule has 4 aromatic rings. The Bertz CT molecular complexity index is 1440. The van der Waals surface area contributed by atoms with Crippen LogP contribution in [0.1, 0.15) is 41.3 Å². The van der Waals surface area contributed by atoms with E-state index in [1.165, 1.54) is 9.47 Å². The molecule has 8 nitrogen and oxygen atoms in total. The van der Waals surface area contributed by atoms with E-state index in [9.17, 15) is 14.4 Å². The van der Waals surface area contributed by atoms with E-state index in [0.717, 1.165) is 23.2 Å². The molecule has 2 aromatic heterocycles. The number of nitrogens with two attached hydrogens (primary N) is 1. The van der Waals surface area contributed by atoms with Crippen molar-refractivity contribution in [2.45, 2.75) is 39.8 Å². The van der Waals surface area contributed by atoms with Crippen LogP contribution in [0.3, 0.4) is 0 Å². The van der Waals surface area contributed by atoms with Gasteiger partial charge in [-0.05, 0) is 48.7 Å². The third-order valence-corrected chi connectivity index (χ3v) is 5.99. The van der Waals surface area contributed by atoms with Crippen LogP contribution in [0.5, 0.6) is 0 Å². The van der Waals surface area contributed by atoms with Crippen molar-refractivity contribution < 1.29 is 4.79 Å². The van der Waals surface area contributed by atoms with E-state index in [2.05, 4.69) is 4.98 Å². The molecule has 0 saturated heterocycles. The highest BCUT2D eigenvalue weighted by Gasteiger charge is 2.26. The molecule has 1 amide bonds. The summed E-state index contributed by atoms with van der Waals surface area (Å²) in [4.78, 5) is 43.1. The molecule has 2 aromatic carbocycles. The number of H-pyrrole nitrogens is 1. The minimum atomic E-state index is -0.692. The molecule has 0 saturated carbocycles. The lowest BCUT2D eigenvalue weighted by Gasteiger charge is -2.25. The first-order chi connectivity index (χ1) is 16.9. The Morgan fingerprint density at radius 1 is 1.03 bits per heavy atom. The molecule has 0 bridgehead atoms. The number of nitrogen functional groups attached to an aromatic ring is 1. The SMILES string of the molecule is CCCCn1c(N)c(N(Cc2ccccc2)C(=O)c2ccc(C)c(-n3cccc3)c2)c(=O)[nH]c1=O. The second-order valence-corrected chi connectivity index (χ2v) is 8.47. The summed E-state index contributed by atoms with van der Waals surface area (Å²) in [7, 11) is 0. The van der Waals surface area contributed by atoms with Crippen LogP contribution >= 0.6 is 0 Å². The molecule has 0 spiro atoms. The lowest BCUT2D eigenvalue weighted by atomic mass is 10.1. The number of nitrogens with one attached hydrogen (secondary N) is 1. The molecule has 0 unspecified atom stereocenters. The summed E-state index contributed by atoms with van der Waals surface area (Å²) in [5.41, 5.74) is 8.15. The molecule has 0 radical (unpaired) electrons. The highest BCUT2D eigenvalue weighted by Crippen LogP contribution is 2.24. The average molecular weight is 472 g/mol. The van der Waals surface area contributed by atoms with Crippen molar-refractivity contribution in [2.75, 3.05) is 10.6 Å². The molecule has 0 aliphatic carbocycles. The van der Waals surface area contributed by atoms with Gasteiger partial charge in [-0.1, -0.05) is 49.7 Å². The maximum Gasteiger partial charge on any atom is 0.330 e. The second-order valence-electron chi connectivity index (χ2n) is 8.47. The van der Waals surface area contributed by atoms with Crippen LogP contribution in [-0.2, 0) is 13.1 Å². The van der Waals surface area contributed by atoms with Gasteiger partial charge in [-0.3, -0.25) is 24.0 Å². The molecule has 35 heavy (non-hydrogen) atoms. The van der Waals surface area contributed by atoms with E-state index in [-0.39, 0.29) is 24.0 Å². The average Bonchev–Trinajstić information content (AvgIpc) is 3.38. The third kappa shape index (κ3) is 4.96. The Morgan fingerprint density at radius 3 is 2.43 bits per heavy atom. The van der Waals surface area contributed by atoms with Gasteiger partial charge in [0, 0.05) is 30.2 Å². The lowest BCUT2D eigenvalue weighted by Crippen LogP contribution is -2.41. The van der Waals surface area contributed by atoms with Crippen molar-refractivity contribution in [3.05, 3.63) is 111 Å². The van der Waals surface area contributed by atoms with E-state index in [1.807, 2.05) is 79.3 Å². The predicted octanol–water partition coefficient (Wildman–Crippen LogP) is 3.87. The number of benzene rings is 2. The smallest absolute Gasteiger partial charge is 0.330 e. The first-order valence-corrected chi connectivity index (χ1v) is 11.6. The summed E-state index contributed by atoms with van der Waals surface area (Å²) in [6, 6.07) is 18.6. The van der Waals surface area contributed by atoms with Crippen molar-refractivity contribution in [2.24, 2.45) is 0 Å². The van der Waals surface area contributed by atoms with Gasteiger partial charge in [-0.2, -0.15) is 0 Å². The number of anilines is 2. The van der Waals surface area contributed by atoms with E-state index in [1.54, 1.807) is 12.1 Å². The Kier molecular flexibility index (Phi) is 7.01. The van der Waals surface area contributed by atoms with E-state index >= 15 is 0 Å². The zero-order valence-corrected chi connectivity index (χ0v) is 19.9. The molecule has 3 N–H and O–H groups in total. The van der Waals surface area contributed by atoms with Crippen LogP contribution in [0.25, 0.3) is 5.69 Å². The number of aromatic nitrogens is 3. The van der Waals surface area contributed by atoms with Crippen molar-refractivity contribution in [3.8, 4) is 5.69 Å². The van der Waals surface area contributed by atoms with Crippen molar-refractivity contribution in [3.63, 3.8) is 0 Å². The molecule has 0 fully saturated rings. The number of unbranched alkanes of at least 4 members (excludes halogenated alkanes) is 1. The van der Waals surface area contributed by atoms with Gasteiger partial charge in [-0.15, -0.1) is 0 Å². The van der Waals surface area contributed by atoms with Crippen LogP contribution in [0.4, 0.5) is 11.5 Å². The van der Waals surface area contributed by atoms with Gasteiger partial charge in [-0.25, -0.2) is 4.79 Å². The quantitative estimate of drug-likeness (QED) is 0.407. The van der Waals surface area contributed by atoms with E-state index < -0.39 is 11.2 Å². The van der Waals surface area contributed by atoms with Crippen LogP contribution in [0.2, 0.25) is 0 Å². The molecule has 4 rings (SSSR count). The fraction of sp³-hybridized carbons (Fsp3) is 0.222. The van der Waals surface area contributed by atoms with Gasteiger partial charge in [0.2, 0.25) is 0 Å². The molecule has 0 aliphatic rings. The topological polar surface area (TPSA) is 106 Å². The number of carbonyl (C=O) groups excluding carboxylic acids is 1. The molecule has 0 aliphatic heterocycles. The highest BCUT2D eigenvalue weighted by atomic mass is 16.2. The summed E-state index contributed by atoms with van der Waals surface area (Å²) in [6.45, 7) is 4.43. The van der Waals surface area contributed by atoms with Gasteiger partial charge in [0.25, 0.3) is 11.5 Å². The number of hydrogen-bond donors (Lipinski definition) is 2. The van der Waals surface area contributed by atoms with Crippen LogP contribution in [0, 0.1) is 6.92 Å². The fourth-order valence-corrected chi connectivity index (χ4v) is 4.07. The number of rotatable bonds is 8.